The highest BCUT2D eigenvalue weighted by Crippen LogP contribution is 2.64. The highest BCUT2D eigenvalue weighted by molar-refractivity contribution is 7.59. The Balaban J connectivity index is 1.17. The minimum Gasteiger partial charge on any atom is -0.504 e. The van der Waals surface area contributed by atoms with Gasteiger partial charge in [0.2, 0.25) is 17.4 Å². The number of anilines is 1. The Morgan fingerprint density at radius 2 is 1.63 bits per heavy atom. The second kappa shape index (κ2) is 9.13. The van der Waals surface area contributed by atoms with Crippen LogP contribution in [0.1, 0.15) is 0 Å². The zero-order chi connectivity index (χ0) is 26.4. The van der Waals surface area contributed by atoms with Crippen LogP contribution in [0.5, 0.6) is 34.5 Å². The number of hydrogen-bond acceptors (Lipinski definition) is 13. The summed E-state index contributed by atoms with van der Waals surface area (Å²) in [6.45, 7) is -0.360. The largest absolute Gasteiger partial charge is 0.504 e. The van der Waals surface area contributed by atoms with Crippen molar-refractivity contribution in [2.24, 2.45) is 0 Å². The van der Waals surface area contributed by atoms with Gasteiger partial charge in [0.15, 0.2) is 34.2 Å². The fourth-order valence-corrected chi connectivity index (χ4v) is 5.71. The number of aromatic amines is 1. The van der Waals surface area contributed by atoms with E-state index in [-0.39, 0.29) is 71.6 Å². The summed E-state index contributed by atoms with van der Waals surface area (Å²) in [6, 6.07) is 5.85. The van der Waals surface area contributed by atoms with E-state index < -0.39 is 25.0 Å². The van der Waals surface area contributed by atoms with Crippen LogP contribution in [-0.2, 0) is 20.6 Å². The molecule has 0 spiro atoms. The molecule has 198 valence electrons. The molecule has 5 N–H and O–H groups in total. The van der Waals surface area contributed by atoms with Crippen molar-refractivity contribution in [2.75, 3.05) is 18.9 Å². The van der Waals surface area contributed by atoms with Crippen LogP contribution in [0, 0.1) is 0 Å². The topological polar surface area (TPSA) is 202 Å². The molecule has 15 nitrogen and oxygen atoms in total. The third-order valence-electron chi connectivity index (χ3n) is 5.64. The number of aromatic hydroxyl groups is 2. The van der Waals surface area contributed by atoms with Crippen molar-refractivity contribution < 1.29 is 43.0 Å². The van der Waals surface area contributed by atoms with E-state index in [1.165, 1.54) is 47.3 Å². The lowest BCUT2D eigenvalue weighted by Gasteiger charge is -2.26. The van der Waals surface area contributed by atoms with E-state index >= 15 is 0 Å². The van der Waals surface area contributed by atoms with Crippen molar-refractivity contribution in [3.8, 4) is 34.5 Å². The number of ether oxygens (including phenoxy) is 5. The molecule has 16 heteroatoms. The summed E-state index contributed by atoms with van der Waals surface area (Å²) in [5.41, 5.74) is 5.44. The van der Waals surface area contributed by atoms with Gasteiger partial charge in [-0.1, -0.05) is 12.1 Å². The minimum absolute atomic E-state index is 0.00956. The number of nitrogens with one attached hydrogen (secondary N) is 1. The van der Waals surface area contributed by atoms with Crippen LogP contribution in [0.2, 0.25) is 0 Å². The van der Waals surface area contributed by atoms with Crippen LogP contribution in [0.25, 0.3) is 11.2 Å². The lowest BCUT2D eigenvalue weighted by atomic mass is 10.3. The second-order valence-corrected chi connectivity index (χ2v) is 10.5. The quantitative estimate of drug-likeness (QED) is 0.185. The van der Waals surface area contributed by atoms with Gasteiger partial charge in [0, 0.05) is 0 Å². The maximum absolute atomic E-state index is 14.2. The van der Waals surface area contributed by atoms with Crippen LogP contribution in [0.3, 0.4) is 0 Å². The lowest BCUT2D eigenvalue weighted by Crippen LogP contribution is -2.32. The van der Waals surface area contributed by atoms with Gasteiger partial charge in [0.25, 0.3) is 5.56 Å². The molecule has 0 saturated heterocycles. The van der Waals surface area contributed by atoms with Crippen molar-refractivity contribution in [1.29, 1.82) is 0 Å². The van der Waals surface area contributed by atoms with Crippen LogP contribution in [-0.4, -0.2) is 55.0 Å². The Morgan fingerprint density at radius 1 is 1.00 bits per heavy atom. The SMILES string of the molecule is Nc1nc2c(ncn2COCCOP(=O)(C2Oc3cccc(O)c3O2)C2Oc3cccc(O)c3O2)c(=O)[nH]1. The number of phenolic OH excluding ortho intramolecular Hbond substituents is 2. The third-order valence-corrected chi connectivity index (χ3v) is 7.82. The van der Waals surface area contributed by atoms with Crippen molar-refractivity contribution in [1.82, 2.24) is 19.5 Å². The molecule has 0 saturated carbocycles. The molecular formula is C22H20N5O10P. The fraction of sp³-hybridized carbons (Fsp3) is 0.227. The zero-order valence-electron chi connectivity index (χ0n) is 19.3. The van der Waals surface area contributed by atoms with Gasteiger partial charge < -0.3 is 44.2 Å². The van der Waals surface area contributed by atoms with E-state index in [1.807, 2.05) is 0 Å². The van der Waals surface area contributed by atoms with Crippen LogP contribution < -0.4 is 30.2 Å². The molecule has 2 unspecified atom stereocenters. The number of fused-ring (bicyclic) bond motifs is 3. The summed E-state index contributed by atoms with van der Waals surface area (Å²) >= 11 is 0. The third kappa shape index (κ3) is 4.02. The molecule has 2 aromatic heterocycles. The molecule has 4 heterocycles. The first-order chi connectivity index (χ1) is 18.3. The molecule has 0 fully saturated rings. The summed E-state index contributed by atoms with van der Waals surface area (Å²) in [5.74, 6) is -0.205. The summed E-state index contributed by atoms with van der Waals surface area (Å²) in [4.78, 5) is 22.3. The number of H-pyrrole nitrogens is 1. The van der Waals surface area contributed by atoms with Gasteiger partial charge in [-0.15, -0.1) is 0 Å². The first-order valence-corrected chi connectivity index (χ1v) is 12.9. The van der Waals surface area contributed by atoms with E-state index in [2.05, 4.69) is 15.0 Å². The molecule has 0 radical (unpaired) electrons. The predicted molar refractivity (Wildman–Crippen MR) is 128 cm³/mol. The predicted octanol–water partition coefficient (Wildman–Crippen LogP) is 1.89. The molecule has 4 aromatic rings. The van der Waals surface area contributed by atoms with E-state index in [1.54, 1.807) is 0 Å². The number of nitrogen functional groups attached to an aromatic ring is 1. The Hall–Kier alpha value is -4.46. The van der Waals surface area contributed by atoms with Gasteiger partial charge in [0.1, 0.15) is 6.73 Å². The summed E-state index contributed by atoms with van der Waals surface area (Å²) < 4.78 is 49.6. The molecular weight excluding hydrogens is 525 g/mol. The molecule has 0 amide bonds. The standard InChI is InChI=1S/C22H20N5O10P/c23-20-25-18-15(19(30)26-20)24-9-27(18)10-32-7-8-33-38(31,21-34-13-5-1-3-11(28)16(13)36-21)22-35-14-6-2-4-12(29)17(14)37-22/h1-6,9,21-22,28-29H,7-8,10H2,(H3,23,25,26,30). The number of aromatic nitrogens is 4. The van der Waals surface area contributed by atoms with Crippen LogP contribution in [0.4, 0.5) is 5.95 Å². The highest BCUT2D eigenvalue weighted by atomic mass is 31.2. The van der Waals surface area contributed by atoms with E-state index in [4.69, 9.17) is 33.9 Å². The average Bonchev–Trinajstić information content (AvgIpc) is 3.62. The van der Waals surface area contributed by atoms with Crippen LogP contribution >= 0.6 is 7.37 Å². The maximum atomic E-state index is 14.2. The van der Waals surface area contributed by atoms with Gasteiger partial charge in [-0.2, -0.15) is 4.98 Å². The monoisotopic (exact) mass is 545 g/mol. The fourth-order valence-electron chi connectivity index (χ4n) is 3.88. The molecule has 2 aromatic carbocycles. The first kappa shape index (κ1) is 23.9. The number of phenols is 2. The van der Waals surface area contributed by atoms with Crippen molar-refractivity contribution in [3.63, 3.8) is 0 Å². The Morgan fingerprint density at radius 3 is 2.24 bits per heavy atom. The number of rotatable bonds is 8. The van der Waals surface area contributed by atoms with Gasteiger partial charge in [0.05, 0.1) is 19.5 Å². The zero-order valence-corrected chi connectivity index (χ0v) is 20.2. The number of nitrogens with two attached hydrogens (primary N) is 1. The molecule has 2 aliphatic rings. The second-order valence-electron chi connectivity index (χ2n) is 8.15. The Bertz CT molecular complexity index is 1570. The van der Waals surface area contributed by atoms with Gasteiger partial charge in [-0.3, -0.25) is 18.9 Å². The Labute approximate surface area is 212 Å². The van der Waals surface area contributed by atoms with Gasteiger partial charge >= 0.3 is 19.4 Å². The molecule has 0 bridgehead atoms. The van der Waals surface area contributed by atoms with Gasteiger partial charge in [-0.05, 0) is 24.3 Å². The smallest absolute Gasteiger partial charge is 0.361 e. The number of para-hydroxylation sites is 2. The lowest BCUT2D eigenvalue weighted by molar-refractivity contribution is 0.0287. The summed E-state index contributed by atoms with van der Waals surface area (Å²) in [5, 5.41) is 20.2. The first-order valence-electron chi connectivity index (χ1n) is 11.2. The van der Waals surface area contributed by atoms with Crippen molar-refractivity contribution in [2.45, 2.75) is 18.8 Å². The van der Waals surface area contributed by atoms with E-state index in [0.29, 0.717) is 0 Å². The van der Waals surface area contributed by atoms with Gasteiger partial charge in [-0.25, -0.2) is 4.98 Å². The molecule has 6 rings (SSSR count). The highest BCUT2D eigenvalue weighted by Gasteiger charge is 2.55. The number of hydrogen-bond donors (Lipinski definition) is 4. The summed E-state index contributed by atoms with van der Waals surface area (Å²) in [6.07, 6.45) is 1.37. The number of imidazole rings is 1. The molecule has 2 aliphatic heterocycles. The molecule has 0 aliphatic carbocycles. The normalized spacial score (nSPS) is 19.1. The van der Waals surface area contributed by atoms with Crippen molar-refractivity contribution >= 4 is 24.5 Å². The van der Waals surface area contributed by atoms with Crippen LogP contribution in [0.15, 0.2) is 47.5 Å². The average molecular weight is 545 g/mol. The number of benzene rings is 2. The Kier molecular flexibility index (Phi) is 5.75. The summed E-state index contributed by atoms with van der Waals surface area (Å²) in [7, 11) is -4.16. The van der Waals surface area contributed by atoms with Crippen molar-refractivity contribution in [3.05, 3.63) is 53.1 Å². The maximum Gasteiger partial charge on any atom is 0.361 e. The number of nitrogens with zero attached hydrogens (tertiary/aromatic N) is 3. The molecule has 38 heavy (non-hydrogen) atoms. The minimum atomic E-state index is -4.16. The van der Waals surface area contributed by atoms with E-state index in [9.17, 15) is 19.6 Å². The van der Waals surface area contributed by atoms with E-state index in [0.717, 1.165) is 0 Å². The molecule has 2 atom stereocenters.